The quantitative estimate of drug-likeness (QED) is 0.810. The van der Waals surface area contributed by atoms with Crippen LogP contribution in [0.5, 0.6) is 17.4 Å². The van der Waals surface area contributed by atoms with Gasteiger partial charge in [-0.05, 0) is 47.5 Å². The molecule has 0 aliphatic carbocycles. The SMILES string of the molecule is CCOc1cc([C@H]2C(C#N)=C(N)Oc3n[nH]c(C)c32)cc(Br)c1OC. The van der Waals surface area contributed by atoms with Gasteiger partial charge in [-0.2, -0.15) is 5.26 Å². The maximum atomic E-state index is 9.62. The fraction of sp³-hybridized carbons (Fsp3) is 0.294. The van der Waals surface area contributed by atoms with E-state index in [9.17, 15) is 5.26 Å². The predicted octanol–water partition coefficient (Wildman–Crippen LogP) is 3.11. The summed E-state index contributed by atoms with van der Waals surface area (Å²) in [7, 11) is 1.58. The Balaban J connectivity index is 2.24. The summed E-state index contributed by atoms with van der Waals surface area (Å²) < 4.78 is 17.3. The molecule has 3 N–H and O–H groups in total. The first kappa shape index (κ1) is 17.2. The van der Waals surface area contributed by atoms with Crippen molar-refractivity contribution in [3.05, 3.63) is 44.9 Å². The zero-order valence-electron chi connectivity index (χ0n) is 14.0. The second-order valence-corrected chi connectivity index (χ2v) is 6.31. The number of ether oxygens (including phenoxy) is 3. The number of fused-ring (bicyclic) bond motifs is 1. The van der Waals surface area contributed by atoms with Crippen molar-refractivity contribution in [3.8, 4) is 23.4 Å². The van der Waals surface area contributed by atoms with Gasteiger partial charge in [0.05, 0.1) is 24.1 Å². The number of nitrogens with zero attached hydrogens (tertiary/aromatic N) is 2. The number of aryl methyl sites for hydroxylation is 1. The van der Waals surface area contributed by atoms with Crippen LogP contribution in [0.1, 0.15) is 29.7 Å². The summed E-state index contributed by atoms with van der Waals surface area (Å²) in [6, 6.07) is 5.90. The lowest BCUT2D eigenvalue weighted by atomic mass is 9.84. The van der Waals surface area contributed by atoms with E-state index in [0.717, 1.165) is 21.3 Å². The van der Waals surface area contributed by atoms with E-state index in [0.29, 0.717) is 29.6 Å². The number of H-pyrrole nitrogens is 1. The van der Waals surface area contributed by atoms with E-state index in [4.69, 9.17) is 19.9 Å². The third-order valence-corrected chi connectivity index (χ3v) is 4.59. The Morgan fingerprint density at radius 1 is 1.48 bits per heavy atom. The van der Waals surface area contributed by atoms with Gasteiger partial charge in [0, 0.05) is 11.3 Å². The molecule has 0 spiro atoms. The Bertz CT molecular complexity index is 898. The number of benzene rings is 1. The Morgan fingerprint density at radius 2 is 2.24 bits per heavy atom. The van der Waals surface area contributed by atoms with Crippen molar-refractivity contribution >= 4 is 15.9 Å². The van der Waals surface area contributed by atoms with Gasteiger partial charge < -0.3 is 19.9 Å². The first-order valence-corrected chi connectivity index (χ1v) is 8.43. The van der Waals surface area contributed by atoms with Gasteiger partial charge in [-0.15, -0.1) is 5.10 Å². The molecule has 2 aromatic rings. The van der Waals surface area contributed by atoms with Crippen LogP contribution in [-0.4, -0.2) is 23.9 Å². The van der Waals surface area contributed by atoms with Gasteiger partial charge >= 0.3 is 0 Å². The summed E-state index contributed by atoms with van der Waals surface area (Å²) in [5.74, 6) is 1.20. The fourth-order valence-corrected chi connectivity index (χ4v) is 3.57. The number of allylic oxidation sites excluding steroid dienone is 1. The Labute approximate surface area is 153 Å². The van der Waals surface area contributed by atoms with E-state index in [1.165, 1.54) is 0 Å². The third-order valence-electron chi connectivity index (χ3n) is 4.00. The summed E-state index contributed by atoms with van der Waals surface area (Å²) in [4.78, 5) is 0. The minimum atomic E-state index is -0.408. The standard InChI is InChI=1S/C17H17BrN4O3/c1-4-24-12-6-9(5-11(18)15(12)23-3)14-10(7-19)16(20)25-17-13(14)8(2)21-22-17/h5-6,14H,4,20H2,1-3H3,(H,21,22)/t14-/m0/s1. The van der Waals surface area contributed by atoms with Crippen LogP contribution in [0.2, 0.25) is 0 Å². The van der Waals surface area contributed by atoms with E-state index in [1.807, 2.05) is 26.0 Å². The van der Waals surface area contributed by atoms with Crippen molar-refractivity contribution in [1.29, 1.82) is 5.26 Å². The number of hydrogen-bond acceptors (Lipinski definition) is 6. The van der Waals surface area contributed by atoms with Crippen LogP contribution in [0.3, 0.4) is 0 Å². The van der Waals surface area contributed by atoms with Crippen LogP contribution < -0.4 is 19.9 Å². The van der Waals surface area contributed by atoms with Gasteiger partial charge in [0.15, 0.2) is 11.5 Å². The molecule has 0 fully saturated rings. The highest BCUT2D eigenvalue weighted by Gasteiger charge is 2.35. The fourth-order valence-electron chi connectivity index (χ4n) is 2.95. The molecule has 7 nitrogen and oxygen atoms in total. The molecular weight excluding hydrogens is 388 g/mol. The number of hydrogen-bond donors (Lipinski definition) is 2. The smallest absolute Gasteiger partial charge is 0.244 e. The molecule has 1 atom stereocenters. The molecule has 0 unspecified atom stereocenters. The molecule has 1 aromatic heterocycles. The van der Waals surface area contributed by atoms with E-state index < -0.39 is 5.92 Å². The van der Waals surface area contributed by atoms with Crippen molar-refractivity contribution in [1.82, 2.24) is 10.2 Å². The van der Waals surface area contributed by atoms with Crippen LogP contribution in [0.25, 0.3) is 0 Å². The highest BCUT2D eigenvalue weighted by Crippen LogP contribution is 2.46. The Kier molecular flexibility index (Phi) is 4.59. The van der Waals surface area contributed by atoms with Crippen LogP contribution in [0.15, 0.2) is 28.1 Å². The average molecular weight is 405 g/mol. The van der Waals surface area contributed by atoms with Crippen LogP contribution >= 0.6 is 15.9 Å². The lowest BCUT2D eigenvalue weighted by molar-refractivity contribution is 0.309. The van der Waals surface area contributed by atoms with Crippen molar-refractivity contribution in [2.75, 3.05) is 13.7 Å². The molecule has 1 aromatic carbocycles. The maximum Gasteiger partial charge on any atom is 0.244 e. The molecule has 0 radical (unpaired) electrons. The number of rotatable bonds is 4. The second-order valence-electron chi connectivity index (χ2n) is 5.46. The summed E-state index contributed by atoms with van der Waals surface area (Å²) in [5.41, 5.74) is 8.69. The number of nitriles is 1. The molecule has 0 saturated carbocycles. The van der Waals surface area contributed by atoms with Gasteiger partial charge in [-0.3, -0.25) is 5.10 Å². The largest absolute Gasteiger partial charge is 0.492 e. The molecule has 130 valence electrons. The van der Waals surface area contributed by atoms with E-state index in [1.54, 1.807) is 7.11 Å². The minimum absolute atomic E-state index is 0.0522. The van der Waals surface area contributed by atoms with Gasteiger partial charge in [0.1, 0.15) is 11.6 Å². The Hall–Kier alpha value is -2.66. The summed E-state index contributed by atoms with van der Waals surface area (Å²) in [6.07, 6.45) is 0. The normalized spacial score (nSPS) is 16.0. The summed E-state index contributed by atoms with van der Waals surface area (Å²) in [5, 5.41) is 16.6. The molecule has 0 bridgehead atoms. The van der Waals surface area contributed by atoms with Gasteiger partial charge in [0.2, 0.25) is 11.8 Å². The molecule has 25 heavy (non-hydrogen) atoms. The number of nitrogens with two attached hydrogens (primary N) is 1. The molecule has 1 aliphatic rings. The summed E-state index contributed by atoms with van der Waals surface area (Å²) >= 11 is 3.51. The van der Waals surface area contributed by atoms with Gasteiger partial charge in [-0.25, -0.2) is 0 Å². The highest BCUT2D eigenvalue weighted by molar-refractivity contribution is 9.10. The average Bonchev–Trinajstić information content (AvgIpc) is 2.94. The van der Waals surface area contributed by atoms with Crippen LogP contribution in [-0.2, 0) is 0 Å². The lowest BCUT2D eigenvalue weighted by Gasteiger charge is -2.24. The first-order valence-electron chi connectivity index (χ1n) is 7.64. The number of nitrogens with one attached hydrogen (secondary N) is 1. The van der Waals surface area contributed by atoms with Crippen molar-refractivity contribution in [3.63, 3.8) is 0 Å². The molecular formula is C17H17BrN4O3. The maximum absolute atomic E-state index is 9.62. The predicted molar refractivity (Wildman–Crippen MR) is 94.5 cm³/mol. The second kappa shape index (κ2) is 6.69. The molecule has 0 amide bonds. The highest BCUT2D eigenvalue weighted by atomic mass is 79.9. The Morgan fingerprint density at radius 3 is 2.88 bits per heavy atom. The zero-order chi connectivity index (χ0) is 18.1. The molecule has 0 saturated heterocycles. The van der Waals surface area contributed by atoms with Crippen molar-refractivity contribution in [2.45, 2.75) is 19.8 Å². The summed E-state index contributed by atoms with van der Waals surface area (Å²) in [6.45, 7) is 4.26. The van der Waals surface area contributed by atoms with Gasteiger partial charge in [-0.1, -0.05) is 0 Å². The third kappa shape index (κ3) is 2.81. The van der Waals surface area contributed by atoms with Crippen molar-refractivity contribution < 1.29 is 14.2 Å². The number of halogens is 1. The molecule has 2 heterocycles. The molecule has 1 aliphatic heterocycles. The topological polar surface area (TPSA) is 106 Å². The number of aromatic nitrogens is 2. The van der Waals surface area contributed by atoms with Gasteiger partial charge in [0.25, 0.3) is 0 Å². The van der Waals surface area contributed by atoms with Crippen LogP contribution in [0, 0.1) is 18.3 Å². The first-order chi connectivity index (χ1) is 12.0. The van der Waals surface area contributed by atoms with Crippen LogP contribution in [0.4, 0.5) is 0 Å². The number of aromatic amines is 1. The number of methoxy groups -OCH3 is 1. The van der Waals surface area contributed by atoms with Crippen molar-refractivity contribution in [2.24, 2.45) is 5.73 Å². The van der Waals surface area contributed by atoms with E-state index in [2.05, 4.69) is 32.2 Å². The minimum Gasteiger partial charge on any atom is -0.492 e. The molecule has 3 rings (SSSR count). The van der Waals surface area contributed by atoms with E-state index >= 15 is 0 Å². The zero-order valence-corrected chi connectivity index (χ0v) is 15.6. The monoisotopic (exact) mass is 404 g/mol. The van der Waals surface area contributed by atoms with E-state index in [-0.39, 0.29) is 5.88 Å². The molecule has 8 heteroatoms. The lowest BCUT2D eigenvalue weighted by Crippen LogP contribution is -2.21.